The molecular weight excluding hydrogens is 316 g/mol. The van der Waals surface area contributed by atoms with Crippen molar-refractivity contribution in [1.29, 1.82) is 0 Å². The highest BCUT2D eigenvalue weighted by Gasteiger charge is 2.26. The molecule has 1 N–H and O–H groups in total. The van der Waals surface area contributed by atoms with E-state index in [1.165, 1.54) is 0 Å². The van der Waals surface area contributed by atoms with Crippen molar-refractivity contribution in [2.45, 2.75) is 12.5 Å². The van der Waals surface area contributed by atoms with E-state index in [1.54, 1.807) is 11.3 Å². The maximum atomic E-state index is 11.1. The van der Waals surface area contributed by atoms with Gasteiger partial charge in [0.25, 0.3) is 0 Å². The quantitative estimate of drug-likeness (QED) is 0.918. The Kier molecular flexibility index (Phi) is 4.77. The molecule has 0 aromatic carbocycles. The van der Waals surface area contributed by atoms with Gasteiger partial charge in [0, 0.05) is 40.9 Å². The first kappa shape index (κ1) is 14.0. The van der Waals surface area contributed by atoms with Crippen LogP contribution in [0.2, 0.25) is 0 Å². The molecule has 1 aromatic rings. The molecule has 1 aromatic heterocycles. The first-order valence-electron chi connectivity index (χ1n) is 5.94. The van der Waals surface area contributed by atoms with Crippen LogP contribution in [0.3, 0.4) is 0 Å². The minimum absolute atomic E-state index is 0.00694. The first-order valence-corrected chi connectivity index (χ1v) is 7.62. The zero-order chi connectivity index (χ0) is 13.1. The van der Waals surface area contributed by atoms with Crippen LogP contribution in [-0.2, 0) is 4.79 Å². The molecule has 18 heavy (non-hydrogen) atoms. The zero-order valence-corrected chi connectivity index (χ0v) is 12.7. The normalized spacial score (nSPS) is 19.9. The smallest absolute Gasteiger partial charge is 0.305 e. The van der Waals surface area contributed by atoms with E-state index in [4.69, 9.17) is 5.11 Å². The van der Waals surface area contributed by atoms with E-state index in [-0.39, 0.29) is 12.5 Å². The van der Waals surface area contributed by atoms with Gasteiger partial charge in [-0.15, -0.1) is 11.3 Å². The third kappa shape index (κ3) is 3.54. The van der Waals surface area contributed by atoms with Crippen LogP contribution < -0.4 is 0 Å². The molecule has 1 aliphatic heterocycles. The summed E-state index contributed by atoms with van der Waals surface area (Å²) in [6.07, 6.45) is 0.177. The van der Waals surface area contributed by atoms with Crippen molar-refractivity contribution in [3.05, 3.63) is 20.8 Å². The molecule has 4 nitrogen and oxygen atoms in total. The Morgan fingerprint density at radius 1 is 1.50 bits per heavy atom. The fraction of sp³-hybridized carbons (Fsp3) is 0.583. The van der Waals surface area contributed by atoms with E-state index < -0.39 is 5.97 Å². The van der Waals surface area contributed by atoms with Gasteiger partial charge >= 0.3 is 5.97 Å². The monoisotopic (exact) mass is 332 g/mol. The maximum Gasteiger partial charge on any atom is 0.305 e. The fourth-order valence-corrected chi connectivity index (χ4v) is 3.79. The first-order chi connectivity index (χ1) is 8.56. The molecule has 1 fully saturated rings. The van der Waals surface area contributed by atoms with Gasteiger partial charge in [-0.2, -0.15) is 0 Å². The molecule has 100 valence electrons. The lowest BCUT2D eigenvalue weighted by atomic mass is 10.1. The molecule has 1 atom stereocenters. The Bertz CT molecular complexity index is 416. The van der Waals surface area contributed by atoms with E-state index in [0.717, 1.165) is 35.5 Å². The second kappa shape index (κ2) is 6.14. The van der Waals surface area contributed by atoms with Gasteiger partial charge in [0.05, 0.1) is 12.5 Å². The molecule has 0 saturated carbocycles. The van der Waals surface area contributed by atoms with Crippen LogP contribution in [0.5, 0.6) is 0 Å². The van der Waals surface area contributed by atoms with Crippen molar-refractivity contribution in [1.82, 2.24) is 9.80 Å². The predicted octanol–water partition coefficient (Wildman–Crippen LogP) is 2.27. The minimum Gasteiger partial charge on any atom is -0.481 e. The number of carbonyl (C=O) groups is 1. The van der Waals surface area contributed by atoms with Crippen molar-refractivity contribution >= 4 is 33.2 Å². The van der Waals surface area contributed by atoms with Gasteiger partial charge in [-0.1, -0.05) is 0 Å². The topological polar surface area (TPSA) is 43.8 Å². The van der Waals surface area contributed by atoms with Gasteiger partial charge < -0.3 is 10.0 Å². The molecule has 0 amide bonds. The SMILES string of the molecule is CN1CCN(C(CC(=O)O)c2cc(Br)cs2)CC1. The molecule has 2 rings (SSSR count). The summed E-state index contributed by atoms with van der Waals surface area (Å²) in [5, 5.41) is 11.1. The number of aliphatic carboxylic acids is 1. The molecule has 0 aliphatic carbocycles. The van der Waals surface area contributed by atoms with Gasteiger partial charge in [0.2, 0.25) is 0 Å². The van der Waals surface area contributed by atoms with Gasteiger partial charge in [-0.3, -0.25) is 9.69 Å². The molecule has 0 bridgehead atoms. The second-order valence-electron chi connectivity index (χ2n) is 4.62. The van der Waals surface area contributed by atoms with Crippen molar-refractivity contribution in [2.75, 3.05) is 33.2 Å². The number of hydrogen-bond donors (Lipinski definition) is 1. The summed E-state index contributed by atoms with van der Waals surface area (Å²) in [5.74, 6) is -0.733. The number of nitrogens with zero attached hydrogens (tertiary/aromatic N) is 2. The average Bonchev–Trinajstić information content (AvgIpc) is 2.74. The van der Waals surface area contributed by atoms with Crippen molar-refractivity contribution < 1.29 is 9.90 Å². The van der Waals surface area contributed by atoms with Crippen LogP contribution in [-0.4, -0.2) is 54.1 Å². The maximum absolute atomic E-state index is 11.1. The van der Waals surface area contributed by atoms with E-state index in [1.807, 2.05) is 11.4 Å². The molecule has 1 saturated heterocycles. The number of piperazine rings is 1. The summed E-state index contributed by atoms with van der Waals surface area (Å²) in [5.41, 5.74) is 0. The van der Waals surface area contributed by atoms with Gasteiger partial charge in [0.1, 0.15) is 0 Å². The summed E-state index contributed by atoms with van der Waals surface area (Å²) in [6, 6.07) is 2.05. The fourth-order valence-electron chi connectivity index (χ4n) is 2.21. The molecule has 0 spiro atoms. The largest absolute Gasteiger partial charge is 0.481 e. The standard InChI is InChI=1S/C12H17BrN2O2S/c1-14-2-4-15(5-3-14)10(7-12(16)17)11-6-9(13)8-18-11/h6,8,10H,2-5,7H2,1H3,(H,16,17). The van der Waals surface area contributed by atoms with Crippen molar-refractivity contribution in [3.63, 3.8) is 0 Å². The van der Waals surface area contributed by atoms with Crippen LogP contribution in [0.15, 0.2) is 15.9 Å². The van der Waals surface area contributed by atoms with Crippen LogP contribution in [0.25, 0.3) is 0 Å². The number of hydrogen-bond acceptors (Lipinski definition) is 4. The predicted molar refractivity (Wildman–Crippen MR) is 76.1 cm³/mol. The number of halogens is 1. The summed E-state index contributed by atoms with van der Waals surface area (Å²) in [7, 11) is 2.10. The minimum atomic E-state index is -0.733. The highest BCUT2D eigenvalue weighted by atomic mass is 79.9. The van der Waals surface area contributed by atoms with Crippen molar-refractivity contribution in [2.24, 2.45) is 0 Å². The van der Waals surface area contributed by atoms with Crippen LogP contribution in [0, 0.1) is 0 Å². The third-order valence-corrected chi connectivity index (χ3v) is 5.06. The van der Waals surface area contributed by atoms with Crippen LogP contribution in [0.1, 0.15) is 17.3 Å². The Balaban J connectivity index is 2.12. The highest BCUT2D eigenvalue weighted by molar-refractivity contribution is 9.10. The molecular formula is C12H17BrN2O2S. The Hall–Kier alpha value is -0.430. The molecule has 1 unspecified atom stereocenters. The van der Waals surface area contributed by atoms with Crippen molar-refractivity contribution in [3.8, 4) is 0 Å². The Morgan fingerprint density at radius 2 is 2.17 bits per heavy atom. The Morgan fingerprint density at radius 3 is 2.67 bits per heavy atom. The zero-order valence-electron chi connectivity index (χ0n) is 10.3. The third-order valence-electron chi connectivity index (χ3n) is 3.26. The highest BCUT2D eigenvalue weighted by Crippen LogP contribution is 2.32. The summed E-state index contributed by atoms with van der Waals surface area (Å²) in [4.78, 5) is 16.7. The number of thiophene rings is 1. The summed E-state index contributed by atoms with van der Waals surface area (Å²) >= 11 is 5.07. The lowest BCUT2D eigenvalue weighted by Gasteiger charge is -2.37. The molecule has 2 heterocycles. The van der Waals surface area contributed by atoms with E-state index in [2.05, 4.69) is 32.8 Å². The van der Waals surface area contributed by atoms with Gasteiger partial charge in [-0.05, 0) is 29.0 Å². The molecule has 0 radical (unpaired) electrons. The lowest BCUT2D eigenvalue weighted by molar-refractivity contribution is -0.138. The summed E-state index contributed by atoms with van der Waals surface area (Å²) < 4.78 is 1.03. The van der Waals surface area contributed by atoms with Crippen LogP contribution >= 0.6 is 27.3 Å². The summed E-state index contributed by atoms with van der Waals surface area (Å²) in [6.45, 7) is 3.87. The van der Waals surface area contributed by atoms with Crippen LogP contribution in [0.4, 0.5) is 0 Å². The van der Waals surface area contributed by atoms with Gasteiger partial charge in [0.15, 0.2) is 0 Å². The Labute approximate surface area is 119 Å². The molecule has 6 heteroatoms. The number of rotatable bonds is 4. The number of carboxylic acid groups (broad SMARTS) is 1. The second-order valence-corrected chi connectivity index (χ2v) is 6.48. The number of likely N-dealkylation sites (N-methyl/N-ethyl adjacent to an activating group) is 1. The number of carboxylic acids is 1. The van der Waals surface area contributed by atoms with E-state index >= 15 is 0 Å². The van der Waals surface area contributed by atoms with E-state index in [9.17, 15) is 4.79 Å². The lowest BCUT2D eigenvalue weighted by Crippen LogP contribution is -2.46. The van der Waals surface area contributed by atoms with Gasteiger partial charge in [-0.25, -0.2) is 0 Å². The molecule has 1 aliphatic rings. The van der Waals surface area contributed by atoms with E-state index in [0.29, 0.717) is 0 Å². The average molecular weight is 333 g/mol.